The summed E-state index contributed by atoms with van der Waals surface area (Å²) in [5, 5.41) is 0. The summed E-state index contributed by atoms with van der Waals surface area (Å²) in [5.74, 6) is -3.76. The molecule has 0 saturated heterocycles. The quantitative estimate of drug-likeness (QED) is 0.751. The number of halogens is 3. The summed E-state index contributed by atoms with van der Waals surface area (Å²) < 4.78 is 44.7. The summed E-state index contributed by atoms with van der Waals surface area (Å²) >= 11 is 0. The maximum absolute atomic E-state index is 13.5. The molecule has 0 saturated carbocycles. The third-order valence-electron chi connectivity index (χ3n) is 3.12. The smallest absolute Gasteiger partial charge is 0.258 e. The Labute approximate surface area is 115 Å². The molecule has 20 heavy (non-hydrogen) atoms. The Balaban J connectivity index is 2.38. The maximum atomic E-state index is 13.5. The van der Waals surface area contributed by atoms with Gasteiger partial charge >= 0.3 is 0 Å². The fourth-order valence-corrected chi connectivity index (χ4v) is 1.80. The van der Waals surface area contributed by atoms with Crippen LogP contribution in [0.1, 0.15) is 31.7 Å². The number of hydrogen-bond acceptors (Lipinski definition) is 2. The van der Waals surface area contributed by atoms with Crippen molar-refractivity contribution < 1.29 is 17.9 Å². The predicted octanol–water partition coefficient (Wildman–Crippen LogP) is 4.80. The third kappa shape index (κ3) is 2.92. The van der Waals surface area contributed by atoms with E-state index in [1.165, 1.54) is 0 Å². The van der Waals surface area contributed by atoms with Crippen LogP contribution in [-0.2, 0) is 0 Å². The molecule has 2 nitrogen and oxygen atoms in total. The van der Waals surface area contributed by atoms with Gasteiger partial charge in [-0.05, 0) is 24.0 Å². The van der Waals surface area contributed by atoms with Gasteiger partial charge in [-0.15, -0.1) is 0 Å². The van der Waals surface area contributed by atoms with Crippen molar-refractivity contribution in [3.63, 3.8) is 0 Å². The number of pyridine rings is 1. The van der Waals surface area contributed by atoms with Crippen molar-refractivity contribution in [3.05, 3.63) is 53.5 Å². The lowest BCUT2D eigenvalue weighted by Gasteiger charge is -2.15. The first-order valence-electron chi connectivity index (χ1n) is 6.31. The second-order valence-corrected chi connectivity index (χ2v) is 4.50. The lowest BCUT2D eigenvalue weighted by Crippen LogP contribution is -2.01. The highest BCUT2D eigenvalue weighted by atomic mass is 19.2. The average molecular weight is 281 g/mol. The molecule has 1 aromatic heterocycles. The zero-order valence-electron chi connectivity index (χ0n) is 11.2. The lowest BCUT2D eigenvalue weighted by atomic mass is 9.98. The Bertz CT molecular complexity index is 616. The highest BCUT2D eigenvalue weighted by Gasteiger charge is 2.16. The summed E-state index contributed by atoms with van der Waals surface area (Å²) in [6.07, 6.45) is 0.869. The number of benzene rings is 1. The molecule has 1 atom stereocenters. The van der Waals surface area contributed by atoms with Gasteiger partial charge in [0.25, 0.3) is 11.8 Å². The minimum atomic E-state index is -1.39. The zero-order valence-corrected chi connectivity index (χ0v) is 11.2. The summed E-state index contributed by atoms with van der Waals surface area (Å²) in [6, 6.07) is 7.47. The molecule has 106 valence electrons. The van der Waals surface area contributed by atoms with Gasteiger partial charge in [0.2, 0.25) is 0 Å². The molecule has 1 aromatic carbocycles. The van der Waals surface area contributed by atoms with Gasteiger partial charge in [-0.3, -0.25) is 0 Å². The number of ether oxygens (including phenoxy) is 1. The van der Waals surface area contributed by atoms with Crippen LogP contribution in [0, 0.1) is 17.6 Å². The highest BCUT2D eigenvalue weighted by molar-refractivity contribution is 5.38. The predicted molar refractivity (Wildman–Crippen MR) is 69.3 cm³/mol. The normalized spacial score (nSPS) is 12.2. The SMILES string of the molecule is CCC(C)c1ccccc1Oc1nc(F)c(F)cc1F. The summed E-state index contributed by atoms with van der Waals surface area (Å²) in [6.45, 7) is 4.01. The Hall–Kier alpha value is -2.04. The van der Waals surface area contributed by atoms with Crippen molar-refractivity contribution in [1.29, 1.82) is 0 Å². The first-order chi connectivity index (χ1) is 9.52. The van der Waals surface area contributed by atoms with E-state index in [1.54, 1.807) is 12.1 Å². The summed E-state index contributed by atoms with van der Waals surface area (Å²) in [5.41, 5.74) is 0.862. The fourth-order valence-electron chi connectivity index (χ4n) is 1.80. The van der Waals surface area contributed by atoms with E-state index in [9.17, 15) is 13.2 Å². The van der Waals surface area contributed by atoms with E-state index in [0.717, 1.165) is 12.0 Å². The van der Waals surface area contributed by atoms with E-state index in [-0.39, 0.29) is 5.92 Å². The molecule has 0 aliphatic carbocycles. The van der Waals surface area contributed by atoms with Crippen molar-refractivity contribution in [2.45, 2.75) is 26.2 Å². The molecular formula is C15H14F3NO. The van der Waals surface area contributed by atoms with Crippen LogP contribution in [-0.4, -0.2) is 4.98 Å². The van der Waals surface area contributed by atoms with E-state index in [1.807, 2.05) is 26.0 Å². The first kappa shape index (κ1) is 14.4. The standard InChI is InChI=1S/C15H14F3NO/c1-3-9(2)10-6-4-5-7-13(10)20-15-12(17)8-11(16)14(18)19-15/h4-9H,3H2,1-2H3. The minimum absolute atomic E-state index is 0.194. The summed E-state index contributed by atoms with van der Waals surface area (Å²) in [7, 11) is 0. The molecular weight excluding hydrogens is 267 g/mol. The molecule has 1 unspecified atom stereocenters. The van der Waals surface area contributed by atoms with E-state index in [2.05, 4.69) is 4.98 Å². The Morgan fingerprint density at radius 1 is 1.15 bits per heavy atom. The van der Waals surface area contributed by atoms with Crippen LogP contribution in [0.5, 0.6) is 11.6 Å². The maximum Gasteiger partial charge on any atom is 0.258 e. The second kappa shape index (κ2) is 5.94. The highest BCUT2D eigenvalue weighted by Crippen LogP contribution is 2.32. The van der Waals surface area contributed by atoms with Crippen molar-refractivity contribution in [2.24, 2.45) is 0 Å². The average Bonchev–Trinajstić information content (AvgIpc) is 2.44. The van der Waals surface area contributed by atoms with Crippen LogP contribution in [0.4, 0.5) is 13.2 Å². The molecule has 0 amide bonds. The van der Waals surface area contributed by atoms with Gasteiger partial charge in [0.1, 0.15) is 5.75 Å². The third-order valence-corrected chi connectivity index (χ3v) is 3.12. The molecule has 0 aliphatic rings. The number of nitrogens with zero attached hydrogens (tertiary/aromatic N) is 1. The van der Waals surface area contributed by atoms with E-state index in [0.29, 0.717) is 11.8 Å². The molecule has 0 bridgehead atoms. The van der Waals surface area contributed by atoms with Crippen molar-refractivity contribution >= 4 is 0 Å². The number of hydrogen-bond donors (Lipinski definition) is 0. The number of para-hydroxylation sites is 1. The Morgan fingerprint density at radius 3 is 2.55 bits per heavy atom. The minimum Gasteiger partial charge on any atom is -0.436 e. The first-order valence-corrected chi connectivity index (χ1v) is 6.31. The van der Waals surface area contributed by atoms with Gasteiger partial charge in [-0.2, -0.15) is 9.37 Å². The molecule has 1 heterocycles. The van der Waals surface area contributed by atoms with Crippen molar-refractivity contribution in [3.8, 4) is 11.6 Å². The largest absolute Gasteiger partial charge is 0.436 e. The molecule has 2 aromatic rings. The van der Waals surface area contributed by atoms with Crippen molar-refractivity contribution in [2.75, 3.05) is 0 Å². The van der Waals surface area contributed by atoms with Gasteiger partial charge < -0.3 is 4.74 Å². The summed E-state index contributed by atoms with van der Waals surface area (Å²) in [4.78, 5) is 3.15. The molecule has 2 rings (SSSR count). The van der Waals surface area contributed by atoms with Gasteiger partial charge in [0.05, 0.1) is 0 Å². The Morgan fingerprint density at radius 2 is 1.85 bits per heavy atom. The second-order valence-electron chi connectivity index (χ2n) is 4.50. The van der Waals surface area contributed by atoms with E-state index in [4.69, 9.17) is 4.74 Å². The van der Waals surface area contributed by atoms with E-state index < -0.39 is 23.5 Å². The molecule has 0 spiro atoms. The lowest BCUT2D eigenvalue weighted by molar-refractivity contribution is 0.383. The van der Waals surface area contributed by atoms with Crippen LogP contribution in [0.15, 0.2) is 30.3 Å². The van der Waals surface area contributed by atoms with Crippen LogP contribution in [0.25, 0.3) is 0 Å². The fraction of sp³-hybridized carbons (Fsp3) is 0.267. The molecule has 0 aliphatic heterocycles. The van der Waals surface area contributed by atoms with Crippen molar-refractivity contribution in [1.82, 2.24) is 4.98 Å². The molecule has 0 fully saturated rings. The van der Waals surface area contributed by atoms with Crippen LogP contribution in [0.3, 0.4) is 0 Å². The molecule has 0 N–H and O–H groups in total. The van der Waals surface area contributed by atoms with Crippen LogP contribution >= 0.6 is 0 Å². The molecule has 0 radical (unpaired) electrons. The van der Waals surface area contributed by atoms with Gasteiger partial charge in [0.15, 0.2) is 11.6 Å². The Kier molecular flexibility index (Phi) is 4.27. The zero-order chi connectivity index (χ0) is 14.7. The van der Waals surface area contributed by atoms with Gasteiger partial charge in [-0.1, -0.05) is 32.0 Å². The molecule has 5 heteroatoms. The van der Waals surface area contributed by atoms with Crippen LogP contribution < -0.4 is 4.74 Å². The van der Waals surface area contributed by atoms with Gasteiger partial charge in [-0.25, -0.2) is 8.78 Å². The number of aromatic nitrogens is 1. The topological polar surface area (TPSA) is 22.1 Å². The van der Waals surface area contributed by atoms with Crippen LogP contribution in [0.2, 0.25) is 0 Å². The van der Waals surface area contributed by atoms with E-state index >= 15 is 0 Å². The monoisotopic (exact) mass is 281 g/mol. The number of rotatable bonds is 4. The van der Waals surface area contributed by atoms with Gasteiger partial charge in [0, 0.05) is 6.07 Å².